The second-order valence-electron chi connectivity index (χ2n) is 3.22. The smallest absolute Gasteiger partial charge is 0.133 e. The summed E-state index contributed by atoms with van der Waals surface area (Å²) in [7, 11) is 0. The van der Waals surface area contributed by atoms with Crippen LogP contribution >= 0.6 is 15.9 Å². The minimum atomic E-state index is 0.326. The van der Waals surface area contributed by atoms with Crippen LogP contribution in [-0.2, 0) is 6.54 Å². The molecule has 1 aromatic rings. The molecule has 72 valence electrons. The maximum atomic E-state index is 9.70. The molecule has 0 saturated carbocycles. The number of halogens is 1. The lowest BCUT2D eigenvalue weighted by molar-refractivity contribution is 0.466. The highest BCUT2D eigenvalue weighted by Gasteiger charge is 2.13. The second kappa shape index (κ2) is 3.68. The Morgan fingerprint density at radius 2 is 1.69 bits per heavy atom. The topological polar surface area (TPSA) is 46.2 Å². The zero-order chi connectivity index (χ0) is 10.2. The number of hydrogen-bond donors (Lipinski definition) is 2. The molecule has 0 aliphatic rings. The number of phenolic OH excluding ortho intramolecular Hbond substituents is 1. The van der Waals surface area contributed by atoms with Gasteiger partial charge in [0.2, 0.25) is 0 Å². The molecule has 0 aliphatic carbocycles. The number of benzene rings is 1. The molecule has 0 aliphatic heterocycles. The lowest BCUT2D eigenvalue weighted by Crippen LogP contribution is -2.04. The van der Waals surface area contributed by atoms with Crippen LogP contribution in [0.15, 0.2) is 4.47 Å². The van der Waals surface area contributed by atoms with Crippen LogP contribution in [0.5, 0.6) is 5.75 Å². The van der Waals surface area contributed by atoms with Crippen molar-refractivity contribution in [2.75, 3.05) is 0 Å². The van der Waals surface area contributed by atoms with Crippen LogP contribution in [0.3, 0.4) is 0 Å². The fraction of sp³-hybridized carbons (Fsp3) is 0.400. The molecule has 0 bridgehead atoms. The molecule has 0 saturated heterocycles. The number of hydrogen-bond acceptors (Lipinski definition) is 2. The molecule has 0 aromatic heterocycles. The Kier molecular flexibility index (Phi) is 2.98. The van der Waals surface area contributed by atoms with Gasteiger partial charge in [0.25, 0.3) is 0 Å². The van der Waals surface area contributed by atoms with E-state index in [4.69, 9.17) is 5.73 Å². The number of aromatic hydroxyl groups is 1. The van der Waals surface area contributed by atoms with Crippen LogP contribution in [0.4, 0.5) is 0 Å². The van der Waals surface area contributed by atoms with Gasteiger partial charge in [0, 0.05) is 6.54 Å². The van der Waals surface area contributed by atoms with E-state index in [0.29, 0.717) is 12.3 Å². The summed E-state index contributed by atoms with van der Waals surface area (Å²) in [5.74, 6) is 0.326. The Morgan fingerprint density at radius 1 is 1.15 bits per heavy atom. The van der Waals surface area contributed by atoms with Gasteiger partial charge in [-0.3, -0.25) is 0 Å². The minimum absolute atomic E-state index is 0.326. The lowest BCUT2D eigenvalue weighted by atomic mass is 9.97. The maximum Gasteiger partial charge on any atom is 0.133 e. The minimum Gasteiger partial charge on any atom is -0.506 e. The Balaban J connectivity index is 3.56. The van der Waals surface area contributed by atoms with E-state index >= 15 is 0 Å². The average Bonchev–Trinajstić information content (AvgIpc) is 2.13. The van der Waals surface area contributed by atoms with Gasteiger partial charge in [-0.25, -0.2) is 0 Å². The van der Waals surface area contributed by atoms with Crippen LogP contribution < -0.4 is 5.73 Å². The summed E-state index contributed by atoms with van der Waals surface area (Å²) in [4.78, 5) is 0. The molecule has 13 heavy (non-hydrogen) atoms. The van der Waals surface area contributed by atoms with Gasteiger partial charge < -0.3 is 10.8 Å². The second-order valence-corrected chi connectivity index (χ2v) is 4.01. The standard InChI is InChI=1S/C10H14BrNO/c1-5-6(2)10(13)9(11)7(3)8(5)4-12/h13H,4,12H2,1-3H3. The quantitative estimate of drug-likeness (QED) is 0.797. The summed E-state index contributed by atoms with van der Waals surface area (Å²) in [6.07, 6.45) is 0. The van der Waals surface area contributed by atoms with Crippen LogP contribution in [0, 0.1) is 20.8 Å². The Morgan fingerprint density at radius 3 is 2.15 bits per heavy atom. The zero-order valence-electron chi connectivity index (χ0n) is 8.11. The normalized spacial score (nSPS) is 10.5. The van der Waals surface area contributed by atoms with Crippen molar-refractivity contribution < 1.29 is 5.11 Å². The fourth-order valence-electron chi connectivity index (χ4n) is 1.47. The largest absolute Gasteiger partial charge is 0.506 e. The van der Waals surface area contributed by atoms with E-state index in [2.05, 4.69) is 15.9 Å². The van der Waals surface area contributed by atoms with Gasteiger partial charge in [-0.2, -0.15) is 0 Å². The molecule has 3 heteroatoms. The van der Waals surface area contributed by atoms with Gasteiger partial charge in [-0.1, -0.05) is 0 Å². The summed E-state index contributed by atoms with van der Waals surface area (Å²) < 4.78 is 0.760. The first-order valence-corrected chi connectivity index (χ1v) is 4.97. The molecule has 1 aromatic carbocycles. The Bertz CT molecular complexity index is 318. The molecular formula is C10H14BrNO. The first-order valence-electron chi connectivity index (χ1n) is 4.17. The van der Waals surface area contributed by atoms with E-state index < -0.39 is 0 Å². The van der Waals surface area contributed by atoms with Crippen molar-refractivity contribution in [2.24, 2.45) is 5.73 Å². The predicted octanol–water partition coefficient (Wildman–Crippen LogP) is 2.54. The van der Waals surface area contributed by atoms with E-state index in [1.165, 1.54) is 0 Å². The number of nitrogens with two attached hydrogens (primary N) is 1. The van der Waals surface area contributed by atoms with E-state index in [0.717, 1.165) is 26.7 Å². The average molecular weight is 244 g/mol. The summed E-state index contributed by atoms with van der Waals surface area (Å²) >= 11 is 3.35. The van der Waals surface area contributed by atoms with Gasteiger partial charge in [0.05, 0.1) is 4.47 Å². The van der Waals surface area contributed by atoms with Crippen LogP contribution in [0.25, 0.3) is 0 Å². The van der Waals surface area contributed by atoms with E-state index in [9.17, 15) is 5.11 Å². The SMILES string of the molecule is Cc1c(C)c(CN)c(C)c(Br)c1O. The first-order chi connectivity index (χ1) is 6.00. The molecule has 0 spiro atoms. The fourth-order valence-corrected chi connectivity index (χ4v) is 2.00. The zero-order valence-corrected chi connectivity index (χ0v) is 9.70. The molecule has 2 nitrogen and oxygen atoms in total. The highest BCUT2D eigenvalue weighted by molar-refractivity contribution is 9.10. The molecule has 0 radical (unpaired) electrons. The van der Waals surface area contributed by atoms with Gasteiger partial charge in [-0.05, 0) is 59.0 Å². The van der Waals surface area contributed by atoms with Gasteiger partial charge in [0.1, 0.15) is 5.75 Å². The van der Waals surface area contributed by atoms with Gasteiger partial charge in [0.15, 0.2) is 0 Å². The molecule has 0 fully saturated rings. The van der Waals surface area contributed by atoms with Gasteiger partial charge in [-0.15, -0.1) is 0 Å². The molecular weight excluding hydrogens is 230 g/mol. The molecule has 3 N–H and O–H groups in total. The maximum absolute atomic E-state index is 9.70. The van der Waals surface area contributed by atoms with Crippen LogP contribution in [-0.4, -0.2) is 5.11 Å². The van der Waals surface area contributed by atoms with E-state index in [-0.39, 0.29) is 0 Å². The number of rotatable bonds is 1. The highest BCUT2D eigenvalue weighted by atomic mass is 79.9. The van der Waals surface area contributed by atoms with Crippen molar-refractivity contribution >= 4 is 15.9 Å². The van der Waals surface area contributed by atoms with Crippen molar-refractivity contribution in [2.45, 2.75) is 27.3 Å². The van der Waals surface area contributed by atoms with E-state index in [1.54, 1.807) is 0 Å². The first kappa shape index (κ1) is 10.5. The Labute approximate surface area is 86.9 Å². The van der Waals surface area contributed by atoms with Crippen molar-refractivity contribution in [3.05, 3.63) is 26.7 Å². The van der Waals surface area contributed by atoms with Crippen molar-refractivity contribution in [3.8, 4) is 5.75 Å². The lowest BCUT2D eigenvalue weighted by Gasteiger charge is -2.14. The van der Waals surface area contributed by atoms with Crippen LogP contribution in [0.2, 0.25) is 0 Å². The Hall–Kier alpha value is -0.540. The summed E-state index contributed by atoms with van der Waals surface area (Å²) in [5.41, 5.74) is 9.77. The molecule has 0 amide bonds. The third kappa shape index (κ3) is 1.58. The summed E-state index contributed by atoms with van der Waals surface area (Å²) in [6.45, 7) is 6.35. The number of phenols is 1. The predicted molar refractivity (Wildman–Crippen MR) is 57.9 cm³/mol. The molecule has 1 rings (SSSR count). The monoisotopic (exact) mass is 243 g/mol. The molecule has 0 unspecified atom stereocenters. The van der Waals surface area contributed by atoms with E-state index in [1.807, 2.05) is 20.8 Å². The van der Waals surface area contributed by atoms with Crippen molar-refractivity contribution in [1.29, 1.82) is 0 Å². The highest BCUT2D eigenvalue weighted by Crippen LogP contribution is 2.35. The summed E-state index contributed by atoms with van der Waals surface area (Å²) in [5, 5.41) is 9.70. The van der Waals surface area contributed by atoms with Crippen LogP contribution in [0.1, 0.15) is 22.3 Å². The van der Waals surface area contributed by atoms with Crippen molar-refractivity contribution in [1.82, 2.24) is 0 Å². The third-order valence-corrected chi connectivity index (χ3v) is 3.53. The van der Waals surface area contributed by atoms with Gasteiger partial charge >= 0.3 is 0 Å². The summed E-state index contributed by atoms with van der Waals surface area (Å²) in [6, 6.07) is 0. The molecule has 0 heterocycles. The third-order valence-electron chi connectivity index (χ3n) is 2.56. The molecule has 0 atom stereocenters. The van der Waals surface area contributed by atoms with Crippen molar-refractivity contribution in [3.63, 3.8) is 0 Å².